The number of nitrogens with zero attached hydrogens (tertiary/aromatic N) is 3. The smallest absolute Gasteiger partial charge is 0.106 e. The number of aromatic nitrogens is 4. The molecule has 0 bridgehead atoms. The number of aromatic amines is 1. The molecule has 21 heavy (non-hydrogen) atoms. The molecule has 2 aromatic heterocycles. The fourth-order valence-electron chi connectivity index (χ4n) is 2.25. The molecule has 0 fully saturated rings. The summed E-state index contributed by atoms with van der Waals surface area (Å²) < 4.78 is 1.87. The second-order valence-corrected chi connectivity index (χ2v) is 4.96. The number of rotatable bonds is 6. The normalized spacial score (nSPS) is 10.9. The summed E-state index contributed by atoms with van der Waals surface area (Å²) in [6.45, 7) is 1.00. The van der Waals surface area contributed by atoms with E-state index in [0.29, 0.717) is 0 Å². The lowest BCUT2D eigenvalue weighted by Crippen LogP contribution is -2.08. The van der Waals surface area contributed by atoms with E-state index >= 15 is 0 Å². The molecule has 0 saturated carbocycles. The molecule has 3 aromatic rings. The molecule has 2 heterocycles. The van der Waals surface area contributed by atoms with Crippen LogP contribution in [0, 0.1) is 0 Å². The lowest BCUT2D eigenvalue weighted by molar-refractivity contribution is 0.707. The quantitative estimate of drug-likeness (QED) is 0.682. The minimum atomic E-state index is 0.952. The summed E-state index contributed by atoms with van der Waals surface area (Å²) >= 11 is 0. The summed E-state index contributed by atoms with van der Waals surface area (Å²) in [5.41, 5.74) is 3.11. The number of hydrogen-bond acceptors (Lipinski definition) is 3. The number of hydrogen-bond donors (Lipinski definition) is 2. The van der Waals surface area contributed by atoms with E-state index < -0.39 is 0 Å². The summed E-state index contributed by atoms with van der Waals surface area (Å²) in [7, 11) is 1.96. The van der Waals surface area contributed by atoms with Gasteiger partial charge in [0, 0.05) is 18.2 Å². The van der Waals surface area contributed by atoms with E-state index in [9.17, 15) is 0 Å². The Morgan fingerprint density at radius 2 is 2.05 bits per heavy atom. The topological polar surface area (TPSA) is 58.5 Å². The molecule has 0 atom stereocenters. The van der Waals surface area contributed by atoms with Crippen molar-refractivity contribution in [3.63, 3.8) is 0 Å². The third-order valence-corrected chi connectivity index (χ3v) is 3.38. The van der Waals surface area contributed by atoms with Gasteiger partial charge in [0.25, 0.3) is 0 Å². The van der Waals surface area contributed by atoms with Crippen LogP contribution in [0.5, 0.6) is 0 Å². The van der Waals surface area contributed by atoms with Crippen LogP contribution in [-0.4, -0.2) is 33.3 Å². The van der Waals surface area contributed by atoms with Crippen LogP contribution in [0.3, 0.4) is 0 Å². The van der Waals surface area contributed by atoms with Crippen LogP contribution >= 0.6 is 0 Å². The van der Waals surface area contributed by atoms with Crippen LogP contribution in [0.15, 0.2) is 48.9 Å². The van der Waals surface area contributed by atoms with Crippen LogP contribution in [0.1, 0.15) is 12.2 Å². The predicted molar refractivity (Wildman–Crippen MR) is 83.4 cm³/mol. The zero-order valence-corrected chi connectivity index (χ0v) is 12.1. The van der Waals surface area contributed by atoms with Gasteiger partial charge in [-0.2, -0.15) is 5.10 Å². The molecular weight excluding hydrogens is 262 g/mol. The average Bonchev–Trinajstić information content (AvgIpc) is 3.17. The van der Waals surface area contributed by atoms with E-state index in [2.05, 4.69) is 20.4 Å². The second kappa shape index (κ2) is 6.37. The molecule has 5 heteroatoms. The van der Waals surface area contributed by atoms with Crippen molar-refractivity contribution in [2.75, 3.05) is 13.6 Å². The highest BCUT2D eigenvalue weighted by Gasteiger charge is 2.06. The molecule has 0 aliphatic rings. The van der Waals surface area contributed by atoms with Crippen molar-refractivity contribution in [1.29, 1.82) is 0 Å². The van der Waals surface area contributed by atoms with Gasteiger partial charge in [0.15, 0.2) is 0 Å². The number of H-pyrrole nitrogens is 1. The predicted octanol–water partition coefficient (Wildman–Crippen LogP) is 2.41. The van der Waals surface area contributed by atoms with Crippen LogP contribution < -0.4 is 5.32 Å². The lowest BCUT2D eigenvalue weighted by atomic mass is 10.3. The van der Waals surface area contributed by atoms with Crippen LogP contribution in [0.2, 0.25) is 0 Å². The van der Waals surface area contributed by atoms with Crippen LogP contribution in [0.4, 0.5) is 0 Å². The molecule has 2 N–H and O–H groups in total. The first-order valence-electron chi connectivity index (χ1n) is 7.16. The lowest BCUT2D eigenvalue weighted by Gasteiger charge is -1.98. The highest BCUT2D eigenvalue weighted by Crippen LogP contribution is 2.18. The van der Waals surface area contributed by atoms with Gasteiger partial charge in [-0.05, 0) is 32.1 Å². The summed E-state index contributed by atoms with van der Waals surface area (Å²) in [5.74, 6) is 1.02. The maximum Gasteiger partial charge on any atom is 0.106 e. The number of aryl methyl sites for hydroxylation is 1. The van der Waals surface area contributed by atoms with E-state index in [-0.39, 0.29) is 0 Å². The van der Waals surface area contributed by atoms with Crippen molar-refractivity contribution in [1.82, 2.24) is 25.1 Å². The maximum atomic E-state index is 4.43. The van der Waals surface area contributed by atoms with Crippen molar-refractivity contribution < 1.29 is 0 Å². The first kappa shape index (κ1) is 13.6. The van der Waals surface area contributed by atoms with Gasteiger partial charge in [-0.1, -0.05) is 18.2 Å². The Hall–Kier alpha value is -2.40. The molecule has 108 valence electrons. The van der Waals surface area contributed by atoms with Crippen molar-refractivity contribution in [2.24, 2.45) is 0 Å². The Labute approximate surface area is 124 Å². The van der Waals surface area contributed by atoms with Crippen LogP contribution in [-0.2, 0) is 6.42 Å². The molecule has 0 radical (unpaired) electrons. The van der Waals surface area contributed by atoms with Gasteiger partial charge in [-0.25, -0.2) is 9.67 Å². The van der Waals surface area contributed by atoms with Crippen molar-refractivity contribution in [3.05, 3.63) is 54.7 Å². The molecule has 0 amide bonds. The summed E-state index contributed by atoms with van der Waals surface area (Å²) in [6.07, 6.45) is 7.78. The summed E-state index contributed by atoms with van der Waals surface area (Å²) in [4.78, 5) is 7.79. The van der Waals surface area contributed by atoms with Gasteiger partial charge < -0.3 is 10.3 Å². The Kier molecular flexibility index (Phi) is 4.12. The molecule has 1 aromatic carbocycles. The maximum absolute atomic E-state index is 4.43. The van der Waals surface area contributed by atoms with Gasteiger partial charge in [0.1, 0.15) is 5.82 Å². The monoisotopic (exact) mass is 281 g/mol. The van der Waals surface area contributed by atoms with E-state index in [0.717, 1.165) is 42.2 Å². The standard InChI is InChI=1S/C16H19N5/c1-17-9-5-8-16-18-11-15(20-16)13-10-19-21(12-13)14-6-3-2-4-7-14/h2-4,6-7,10-12,17H,5,8-9H2,1H3,(H,18,20). The SMILES string of the molecule is CNCCCc1ncc(-c2cnn(-c3ccccc3)c2)[nH]1. The van der Waals surface area contributed by atoms with Gasteiger partial charge >= 0.3 is 0 Å². The fourth-order valence-corrected chi connectivity index (χ4v) is 2.25. The molecule has 3 rings (SSSR count). The zero-order valence-electron chi connectivity index (χ0n) is 12.1. The molecule has 0 unspecified atom stereocenters. The third-order valence-electron chi connectivity index (χ3n) is 3.38. The highest BCUT2D eigenvalue weighted by molar-refractivity contribution is 5.57. The fraction of sp³-hybridized carbons (Fsp3) is 0.250. The van der Waals surface area contributed by atoms with Gasteiger partial charge in [-0.3, -0.25) is 0 Å². The van der Waals surface area contributed by atoms with Gasteiger partial charge in [0.2, 0.25) is 0 Å². The average molecular weight is 281 g/mol. The minimum Gasteiger partial charge on any atom is -0.342 e. The molecule has 5 nitrogen and oxygen atoms in total. The van der Waals surface area contributed by atoms with Gasteiger partial charge in [0.05, 0.1) is 23.8 Å². The zero-order chi connectivity index (χ0) is 14.5. The van der Waals surface area contributed by atoms with Crippen molar-refractivity contribution in [3.8, 4) is 16.9 Å². The first-order chi connectivity index (χ1) is 10.4. The van der Waals surface area contributed by atoms with Crippen LogP contribution in [0.25, 0.3) is 16.9 Å². The molecule has 0 aliphatic carbocycles. The Bertz CT molecular complexity index is 684. The Morgan fingerprint density at radius 1 is 1.19 bits per heavy atom. The summed E-state index contributed by atoms with van der Waals surface area (Å²) in [5, 5.41) is 7.55. The largest absolute Gasteiger partial charge is 0.342 e. The van der Waals surface area contributed by atoms with E-state index in [1.807, 2.05) is 60.7 Å². The van der Waals surface area contributed by atoms with E-state index in [1.54, 1.807) is 0 Å². The number of para-hydroxylation sites is 1. The number of imidazole rings is 1. The minimum absolute atomic E-state index is 0.952. The summed E-state index contributed by atoms with van der Waals surface area (Å²) in [6, 6.07) is 10.1. The third kappa shape index (κ3) is 3.20. The number of nitrogens with one attached hydrogen (secondary N) is 2. The number of benzene rings is 1. The van der Waals surface area contributed by atoms with Crippen molar-refractivity contribution in [2.45, 2.75) is 12.8 Å². The molecular formula is C16H19N5. The van der Waals surface area contributed by atoms with E-state index in [1.165, 1.54) is 0 Å². The van der Waals surface area contributed by atoms with E-state index in [4.69, 9.17) is 0 Å². The Morgan fingerprint density at radius 3 is 2.86 bits per heavy atom. The Balaban J connectivity index is 1.74. The molecule has 0 spiro atoms. The molecule has 0 saturated heterocycles. The first-order valence-corrected chi connectivity index (χ1v) is 7.16. The van der Waals surface area contributed by atoms with Crippen molar-refractivity contribution >= 4 is 0 Å². The highest BCUT2D eigenvalue weighted by atomic mass is 15.3. The second-order valence-electron chi connectivity index (χ2n) is 4.96. The van der Waals surface area contributed by atoms with Gasteiger partial charge in [-0.15, -0.1) is 0 Å². The molecule has 0 aliphatic heterocycles.